The fourth-order valence-electron chi connectivity index (χ4n) is 1.22. The minimum atomic E-state index is -0.583. The van der Waals surface area contributed by atoms with Gasteiger partial charge >= 0.3 is 0 Å². The highest BCUT2D eigenvalue weighted by molar-refractivity contribution is 5.26. The lowest BCUT2D eigenvalue weighted by molar-refractivity contribution is 0.206. The molecule has 1 nitrogen and oxygen atoms in total. The van der Waals surface area contributed by atoms with E-state index in [1.165, 1.54) is 5.56 Å². The summed E-state index contributed by atoms with van der Waals surface area (Å²) in [6.45, 7) is 3.60. The maximum atomic E-state index is 9.54. The molecule has 1 aromatic carbocycles. The quantitative estimate of drug-likeness (QED) is 0.714. The first kappa shape index (κ1) is 10.6. The van der Waals surface area contributed by atoms with E-state index in [0.717, 1.165) is 6.42 Å². The van der Waals surface area contributed by atoms with Crippen LogP contribution in [0.15, 0.2) is 42.5 Å². The molecular weight excluding hydrogens is 172 g/mol. The molecular formula is C13H14O. The first-order valence-electron chi connectivity index (χ1n) is 4.61. The van der Waals surface area contributed by atoms with Gasteiger partial charge in [0.05, 0.1) is 6.10 Å². The molecule has 0 fully saturated rings. The fraction of sp³-hybridized carbons (Fsp3) is 0.231. The van der Waals surface area contributed by atoms with Crippen molar-refractivity contribution in [2.75, 3.05) is 0 Å². The van der Waals surface area contributed by atoms with Crippen LogP contribution < -0.4 is 0 Å². The summed E-state index contributed by atoms with van der Waals surface area (Å²) in [5, 5.41) is 9.54. The maximum Gasteiger partial charge on any atom is 0.0865 e. The molecule has 0 aliphatic carbocycles. The van der Waals surface area contributed by atoms with Crippen molar-refractivity contribution < 1.29 is 5.11 Å². The Kier molecular flexibility index (Phi) is 3.97. The summed E-state index contributed by atoms with van der Waals surface area (Å²) in [6.07, 6.45) is 6.00. The molecule has 0 amide bonds. The summed E-state index contributed by atoms with van der Waals surface area (Å²) >= 11 is 0. The largest absolute Gasteiger partial charge is 0.388 e. The van der Waals surface area contributed by atoms with E-state index in [9.17, 15) is 5.11 Å². The van der Waals surface area contributed by atoms with Gasteiger partial charge in [0.1, 0.15) is 0 Å². The number of benzene rings is 1. The molecule has 14 heavy (non-hydrogen) atoms. The molecule has 0 heterocycles. The number of rotatable bonds is 4. The smallest absolute Gasteiger partial charge is 0.0865 e. The number of aliphatic hydroxyl groups excluding tert-OH is 1. The second kappa shape index (κ2) is 5.26. The van der Waals surface area contributed by atoms with E-state index < -0.39 is 6.10 Å². The number of terminal acetylenes is 1. The number of hydrogen-bond donors (Lipinski definition) is 1. The Morgan fingerprint density at radius 1 is 1.43 bits per heavy atom. The molecule has 0 radical (unpaired) electrons. The van der Waals surface area contributed by atoms with Crippen LogP contribution in [-0.2, 0) is 6.42 Å². The van der Waals surface area contributed by atoms with Gasteiger partial charge in [0.2, 0.25) is 0 Å². The van der Waals surface area contributed by atoms with Crippen LogP contribution >= 0.6 is 0 Å². The standard InChI is InChI=1S/C13H14O/c1-3-11(2)13(14)10-9-12-7-5-4-6-8-12/h1,4-8,13-14H,2,9-10H2. The zero-order valence-electron chi connectivity index (χ0n) is 8.11. The van der Waals surface area contributed by atoms with E-state index in [-0.39, 0.29) is 0 Å². The summed E-state index contributed by atoms with van der Waals surface area (Å²) in [5.41, 5.74) is 1.66. The van der Waals surface area contributed by atoms with Crippen molar-refractivity contribution in [2.24, 2.45) is 0 Å². The first-order chi connectivity index (χ1) is 6.74. The van der Waals surface area contributed by atoms with Crippen LogP contribution in [0.2, 0.25) is 0 Å². The van der Waals surface area contributed by atoms with E-state index in [1.807, 2.05) is 30.3 Å². The summed E-state index contributed by atoms with van der Waals surface area (Å²) in [6, 6.07) is 10.0. The van der Waals surface area contributed by atoms with Crippen molar-refractivity contribution in [1.29, 1.82) is 0 Å². The molecule has 1 aromatic rings. The van der Waals surface area contributed by atoms with Gasteiger partial charge in [-0.15, -0.1) is 6.42 Å². The predicted octanol–water partition coefficient (Wildman–Crippen LogP) is 2.17. The van der Waals surface area contributed by atoms with E-state index in [1.54, 1.807) is 0 Å². The Balaban J connectivity index is 2.43. The van der Waals surface area contributed by atoms with Crippen molar-refractivity contribution >= 4 is 0 Å². The van der Waals surface area contributed by atoms with Crippen molar-refractivity contribution in [3.8, 4) is 12.3 Å². The van der Waals surface area contributed by atoms with Gasteiger partial charge in [-0.2, -0.15) is 0 Å². The Hall–Kier alpha value is -1.52. The molecule has 1 atom stereocenters. The van der Waals surface area contributed by atoms with E-state index >= 15 is 0 Å². The topological polar surface area (TPSA) is 20.2 Å². The van der Waals surface area contributed by atoms with Crippen molar-refractivity contribution in [2.45, 2.75) is 18.9 Å². The Labute approximate surface area is 85.1 Å². The molecule has 0 aromatic heterocycles. The van der Waals surface area contributed by atoms with Crippen LogP contribution in [0.1, 0.15) is 12.0 Å². The lowest BCUT2D eigenvalue weighted by Crippen LogP contribution is -2.09. The van der Waals surface area contributed by atoms with Gasteiger partial charge in [0.15, 0.2) is 0 Å². The van der Waals surface area contributed by atoms with Gasteiger partial charge in [0.25, 0.3) is 0 Å². The van der Waals surface area contributed by atoms with Crippen LogP contribution in [0.5, 0.6) is 0 Å². The lowest BCUT2D eigenvalue weighted by Gasteiger charge is -2.08. The number of aliphatic hydroxyl groups is 1. The fourth-order valence-corrected chi connectivity index (χ4v) is 1.22. The lowest BCUT2D eigenvalue weighted by atomic mass is 10.0. The van der Waals surface area contributed by atoms with Crippen LogP contribution in [0.4, 0.5) is 0 Å². The highest BCUT2D eigenvalue weighted by Crippen LogP contribution is 2.08. The summed E-state index contributed by atoms with van der Waals surface area (Å²) < 4.78 is 0. The van der Waals surface area contributed by atoms with Gasteiger partial charge in [-0.05, 0) is 18.4 Å². The summed E-state index contributed by atoms with van der Waals surface area (Å²) in [4.78, 5) is 0. The molecule has 72 valence electrons. The first-order valence-corrected chi connectivity index (χ1v) is 4.61. The predicted molar refractivity (Wildman–Crippen MR) is 58.7 cm³/mol. The molecule has 1 rings (SSSR count). The Morgan fingerprint density at radius 3 is 2.64 bits per heavy atom. The van der Waals surface area contributed by atoms with Crippen molar-refractivity contribution in [3.63, 3.8) is 0 Å². The molecule has 1 unspecified atom stereocenters. The third-order valence-electron chi connectivity index (χ3n) is 2.14. The zero-order valence-corrected chi connectivity index (χ0v) is 8.11. The number of hydrogen-bond acceptors (Lipinski definition) is 1. The molecule has 0 saturated carbocycles. The van der Waals surface area contributed by atoms with E-state index in [0.29, 0.717) is 12.0 Å². The van der Waals surface area contributed by atoms with Crippen LogP contribution in [0.25, 0.3) is 0 Å². The minimum absolute atomic E-state index is 0.459. The number of aryl methyl sites for hydroxylation is 1. The van der Waals surface area contributed by atoms with Gasteiger partial charge in [-0.25, -0.2) is 0 Å². The van der Waals surface area contributed by atoms with Crippen LogP contribution in [0.3, 0.4) is 0 Å². The molecule has 0 aliphatic rings. The van der Waals surface area contributed by atoms with Gasteiger partial charge in [-0.1, -0.05) is 42.8 Å². The SMILES string of the molecule is C#CC(=C)C(O)CCc1ccccc1. The highest BCUT2D eigenvalue weighted by atomic mass is 16.3. The summed E-state index contributed by atoms with van der Waals surface area (Å²) in [5.74, 6) is 2.36. The van der Waals surface area contributed by atoms with Crippen LogP contribution in [-0.4, -0.2) is 11.2 Å². The normalized spacial score (nSPS) is 11.7. The summed E-state index contributed by atoms with van der Waals surface area (Å²) in [7, 11) is 0. The molecule has 1 heteroatoms. The maximum absolute atomic E-state index is 9.54. The second-order valence-electron chi connectivity index (χ2n) is 3.21. The van der Waals surface area contributed by atoms with E-state index in [4.69, 9.17) is 6.42 Å². The Bertz CT molecular complexity index is 332. The molecule has 0 bridgehead atoms. The van der Waals surface area contributed by atoms with Gasteiger partial charge in [-0.3, -0.25) is 0 Å². The van der Waals surface area contributed by atoms with Gasteiger partial charge in [0, 0.05) is 5.57 Å². The molecule has 0 aliphatic heterocycles. The van der Waals surface area contributed by atoms with Crippen molar-refractivity contribution in [3.05, 3.63) is 48.0 Å². The minimum Gasteiger partial charge on any atom is -0.388 e. The highest BCUT2D eigenvalue weighted by Gasteiger charge is 2.05. The molecule has 0 spiro atoms. The van der Waals surface area contributed by atoms with Gasteiger partial charge < -0.3 is 5.11 Å². The molecule has 1 N–H and O–H groups in total. The monoisotopic (exact) mass is 186 g/mol. The third-order valence-corrected chi connectivity index (χ3v) is 2.14. The zero-order chi connectivity index (χ0) is 10.4. The van der Waals surface area contributed by atoms with Crippen molar-refractivity contribution in [1.82, 2.24) is 0 Å². The average molecular weight is 186 g/mol. The second-order valence-corrected chi connectivity index (χ2v) is 3.21. The van der Waals surface area contributed by atoms with E-state index in [2.05, 4.69) is 12.5 Å². The van der Waals surface area contributed by atoms with Crippen LogP contribution in [0, 0.1) is 12.3 Å². The molecule has 0 saturated heterocycles. The Morgan fingerprint density at radius 2 is 2.07 bits per heavy atom. The third kappa shape index (κ3) is 3.08. The average Bonchev–Trinajstić information content (AvgIpc) is 2.26.